The lowest BCUT2D eigenvalue weighted by molar-refractivity contribution is 0.767. The Kier molecular flexibility index (Phi) is 3.10. The third-order valence-electron chi connectivity index (χ3n) is 2.41. The minimum atomic E-state index is 0.790. The molecule has 0 aliphatic heterocycles. The molecule has 4 heteroatoms. The fraction of sp³-hybridized carbons (Fsp3) is 0.250. The molecule has 0 bridgehead atoms. The van der Waals surface area contributed by atoms with E-state index in [1.54, 1.807) is 0 Å². The van der Waals surface area contributed by atoms with Gasteiger partial charge in [0.1, 0.15) is 0 Å². The van der Waals surface area contributed by atoms with Crippen LogP contribution in [0.15, 0.2) is 36.7 Å². The standard InChI is InChI=1S/C12H16N4/c1-16-9-10(8-15-16)6-7-14-12-4-2-11(13)3-5-12/h2-5,8-9,14H,6-7,13H2,1H3. The van der Waals surface area contributed by atoms with E-state index in [9.17, 15) is 0 Å². The summed E-state index contributed by atoms with van der Waals surface area (Å²) in [7, 11) is 1.93. The van der Waals surface area contributed by atoms with Crippen molar-refractivity contribution in [2.75, 3.05) is 17.6 Å². The van der Waals surface area contributed by atoms with Crippen LogP contribution in [0.4, 0.5) is 11.4 Å². The highest BCUT2D eigenvalue weighted by Crippen LogP contribution is 2.10. The minimum absolute atomic E-state index is 0.790. The summed E-state index contributed by atoms with van der Waals surface area (Å²) < 4.78 is 1.82. The fourth-order valence-corrected chi connectivity index (χ4v) is 1.55. The molecule has 0 atom stereocenters. The third kappa shape index (κ3) is 2.76. The van der Waals surface area contributed by atoms with Gasteiger partial charge in [-0.2, -0.15) is 5.10 Å². The predicted molar refractivity (Wildman–Crippen MR) is 66.3 cm³/mol. The summed E-state index contributed by atoms with van der Waals surface area (Å²) in [6, 6.07) is 7.76. The van der Waals surface area contributed by atoms with Crippen LogP contribution >= 0.6 is 0 Å². The van der Waals surface area contributed by atoms with E-state index in [1.807, 2.05) is 48.4 Å². The van der Waals surface area contributed by atoms with E-state index in [0.29, 0.717) is 0 Å². The number of hydrogen-bond acceptors (Lipinski definition) is 3. The van der Waals surface area contributed by atoms with Crippen molar-refractivity contribution in [1.29, 1.82) is 0 Å². The molecule has 3 N–H and O–H groups in total. The Hall–Kier alpha value is -1.97. The zero-order valence-electron chi connectivity index (χ0n) is 9.35. The third-order valence-corrected chi connectivity index (χ3v) is 2.41. The normalized spacial score (nSPS) is 10.3. The molecular weight excluding hydrogens is 200 g/mol. The molecule has 0 saturated heterocycles. The van der Waals surface area contributed by atoms with Crippen molar-refractivity contribution >= 4 is 11.4 Å². The van der Waals surface area contributed by atoms with Crippen molar-refractivity contribution in [2.24, 2.45) is 7.05 Å². The number of benzene rings is 1. The highest BCUT2D eigenvalue weighted by atomic mass is 15.2. The van der Waals surface area contributed by atoms with Gasteiger partial charge in [0.25, 0.3) is 0 Å². The first-order chi connectivity index (χ1) is 7.74. The molecule has 1 heterocycles. The maximum Gasteiger partial charge on any atom is 0.0522 e. The lowest BCUT2D eigenvalue weighted by Crippen LogP contribution is -2.04. The van der Waals surface area contributed by atoms with Crippen molar-refractivity contribution < 1.29 is 0 Å². The van der Waals surface area contributed by atoms with E-state index in [2.05, 4.69) is 10.4 Å². The van der Waals surface area contributed by atoms with Crippen LogP contribution in [0, 0.1) is 0 Å². The van der Waals surface area contributed by atoms with E-state index in [4.69, 9.17) is 5.73 Å². The number of nitrogens with two attached hydrogens (primary N) is 1. The van der Waals surface area contributed by atoms with Crippen LogP contribution in [0.2, 0.25) is 0 Å². The van der Waals surface area contributed by atoms with Gasteiger partial charge in [-0.05, 0) is 36.2 Å². The summed E-state index contributed by atoms with van der Waals surface area (Å²) in [4.78, 5) is 0. The van der Waals surface area contributed by atoms with Gasteiger partial charge in [-0.25, -0.2) is 0 Å². The SMILES string of the molecule is Cn1cc(CCNc2ccc(N)cc2)cn1. The number of aromatic nitrogens is 2. The van der Waals surface area contributed by atoms with E-state index >= 15 is 0 Å². The zero-order valence-corrected chi connectivity index (χ0v) is 9.35. The van der Waals surface area contributed by atoms with Crippen LogP contribution in [0.25, 0.3) is 0 Å². The second kappa shape index (κ2) is 4.70. The Morgan fingerprint density at radius 3 is 2.69 bits per heavy atom. The van der Waals surface area contributed by atoms with Gasteiger partial charge in [-0.3, -0.25) is 4.68 Å². The smallest absolute Gasteiger partial charge is 0.0522 e. The molecule has 1 aromatic carbocycles. The van der Waals surface area contributed by atoms with Crippen LogP contribution in [0.3, 0.4) is 0 Å². The lowest BCUT2D eigenvalue weighted by Gasteiger charge is -2.05. The van der Waals surface area contributed by atoms with Crippen LogP contribution in [-0.2, 0) is 13.5 Å². The van der Waals surface area contributed by atoms with Gasteiger partial charge in [0.05, 0.1) is 6.20 Å². The minimum Gasteiger partial charge on any atom is -0.399 e. The lowest BCUT2D eigenvalue weighted by atomic mass is 10.2. The van der Waals surface area contributed by atoms with Gasteiger partial charge < -0.3 is 11.1 Å². The van der Waals surface area contributed by atoms with Crippen molar-refractivity contribution in [3.63, 3.8) is 0 Å². The summed E-state index contributed by atoms with van der Waals surface area (Å²) in [6.07, 6.45) is 4.90. The molecule has 16 heavy (non-hydrogen) atoms. The number of nitrogens with zero attached hydrogens (tertiary/aromatic N) is 2. The summed E-state index contributed by atoms with van der Waals surface area (Å²) in [5.74, 6) is 0. The second-order valence-corrected chi connectivity index (χ2v) is 3.82. The van der Waals surface area contributed by atoms with Crippen molar-refractivity contribution in [3.8, 4) is 0 Å². The Morgan fingerprint density at radius 2 is 2.06 bits per heavy atom. The van der Waals surface area contributed by atoms with Gasteiger partial charge in [0.2, 0.25) is 0 Å². The molecule has 1 aromatic heterocycles. The van der Waals surface area contributed by atoms with Crippen LogP contribution in [0.5, 0.6) is 0 Å². The monoisotopic (exact) mass is 216 g/mol. The molecule has 0 aliphatic carbocycles. The number of nitrogen functional groups attached to an aromatic ring is 1. The molecule has 4 nitrogen and oxygen atoms in total. The van der Waals surface area contributed by atoms with Gasteiger partial charge in [0, 0.05) is 31.2 Å². The van der Waals surface area contributed by atoms with Crippen LogP contribution < -0.4 is 11.1 Å². The van der Waals surface area contributed by atoms with Crippen LogP contribution in [0.1, 0.15) is 5.56 Å². The zero-order chi connectivity index (χ0) is 11.4. The number of aryl methyl sites for hydroxylation is 1. The Labute approximate surface area is 95.1 Å². The molecule has 2 aromatic rings. The molecule has 0 aliphatic rings. The number of nitrogens with one attached hydrogen (secondary N) is 1. The molecule has 84 valence electrons. The number of hydrogen-bond donors (Lipinski definition) is 2. The maximum atomic E-state index is 5.61. The first kappa shape index (κ1) is 10.5. The molecule has 2 rings (SSSR count). The van der Waals surface area contributed by atoms with Crippen molar-refractivity contribution in [1.82, 2.24) is 9.78 Å². The first-order valence-electron chi connectivity index (χ1n) is 5.31. The van der Waals surface area contributed by atoms with E-state index < -0.39 is 0 Å². The summed E-state index contributed by atoms with van der Waals surface area (Å²) >= 11 is 0. The molecule has 0 saturated carbocycles. The summed E-state index contributed by atoms with van der Waals surface area (Å²) in [6.45, 7) is 0.898. The molecule has 0 amide bonds. The summed E-state index contributed by atoms with van der Waals surface area (Å²) in [5.41, 5.74) is 8.74. The van der Waals surface area contributed by atoms with Crippen molar-refractivity contribution in [2.45, 2.75) is 6.42 Å². The summed E-state index contributed by atoms with van der Waals surface area (Å²) in [5, 5.41) is 7.46. The highest BCUT2D eigenvalue weighted by Gasteiger charge is 1.96. The number of rotatable bonds is 4. The van der Waals surface area contributed by atoms with E-state index in [-0.39, 0.29) is 0 Å². The number of anilines is 2. The molecule has 0 unspecified atom stereocenters. The van der Waals surface area contributed by atoms with Gasteiger partial charge >= 0.3 is 0 Å². The van der Waals surface area contributed by atoms with Gasteiger partial charge in [-0.15, -0.1) is 0 Å². The van der Waals surface area contributed by atoms with Crippen LogP contribution in [-0.4, -0.2) is 16.3 Å². The molecule has 0 radical (unpaired) electrons. The molecule has 0 spiro atoms. The van der Waals surface area contributed by atoms with Gasteiger partial charge in [-0.1, -0.05) is 0 Å². The Morgan fingerprint density at radius 1 is 1.31 bits per heavy atom. The molecule has 0 fully saturated rings. The molecular formula is C12H16N4. The Bertz CT molecular complexity index is 444. The largest absolute Gasteiger partial charge is 0.399 e. The first-order valence-corrected chi connectivity index (χ1v) is 5.31. The predicted octanol–water partition coefficient (Wildman–Crippen LogP) is 1.66. The average molecular weight is 216 g/mol. The quantitative estimate of drug-likeness (QED) is 0.764. The highest BCUT2D eigenvalue weighted by molar-refractivity contribution is 5.51. The van der Waals surface area contributed by atoms with E-state index in [1.165, 1.54) is 5.56 Å². The maximum absolute atomic E-state index is 5.61. The van der Waals surface area contributed by atoms with Gasteiger partial charge in [0.15, 0.2) is 0 Å². The fourth-order valence-electron chi connectivity index (χ4n) is 1.55. The topological polar surface area (TPSA) is 55.9 Å². The average Bonchev–Trinajstić information content (AvgIpc) is 2.67. The Balaban J connectivity index is 1.82. The van der Waals surface area contributed by atoms with E-state index in [0.717, 1.165) is 24.3 Å². The van der Waals surface area contributed by atoms with Crippen molar-refractivity contribution in [3.05, 3.63) is 42.2 Å². The second-order valence-electron chi connectivity index (χ2n) is 3.82.